The molecule has 0 bridgehead atoms. The van der Waals surface area contributed by atoms with Crippen LogP contribution in [0, 0.1) is 5.92 Å². The molecule has 0 fully saturated rings. The van der Waals surface area contributed by atoms with E-state index in [0.717, 1.165) is 33.3 Å². The SMILES string of the molecule is CC(C)[C@](O)(c1ccccc1)[C@H](O[Si](c1ccccc1)(c1ccccc1)C(C)(C)C)C(=O)S[C@@H](c1ccccc1)[C@@H](C)N(Cc1ccccc1)S(C)(=O)=O. The molecule has 0 spiro atoms. The van der Waals surface area contributed by atoms with Gasteiger partial charge < -0.3 is 9.53 Å². The van der Waals surface area contributed by atoms with Crippen molar-refractivity contribution >= 4 is 45.6 Å². The van der Waals surface area contributed by atoms with Crippen LogP contribution in [-0.4, -0.2) is 49.7 Å². The van der Waals surface area contributed by atoms with Crippen LogP contribution in [0.5, 0.6) is 0 Å². The molecule has 0 radical (unpaired) electrons. The topological polar surface area (TPSA) is 83.9 Å². The minimum atomic E-state index is -3.74. The maximum atomic E-state index is 15.6. The first-order valence-electron chi connectivity index (χ1n) is 18.4. The van der Waals surface area contributed by atoms with Crippen LogP contribution >= 0.6 is 11.8 Å². The summed E-state index contributed by atoms with van der Waals surface area (Å²) in [6.45, 7) is 12.3. The van der Waals surface area contributed by atoms with Crippen molar-refractivity contribution < 1.29 is 22.7 Å². The predicted octanol–water partition coefficient (Wildman–Crippen LogP) is 8.33. The van der Waals surface area contributed by atoms with Gasteiger partial charge in [-0.1, -0.05) is 198 Å². The second-order valence-corrected chi connectivity index (χ2v) is 22.6. The summed E-state index contributed by atoms with van der Waals surface area (Å²) in [5.41, 5.74) is 0.442. The number of hydrogen-bond donors (Lipinski definition) is 1. The Kier molecular flexibility index (Phi) is 13.3. The van der Waals surface area contributed by atoms with E-state index < -0.39 is 52.3 Å². The lowest BCUT2D eigenvalue weighted by atomic mass is 9.79. The first kappa shape index (κ1) is 41.3. The number of rotatable bonds is 15. The second-order valence-electron chi connectivity index (χ2n) is 15.3. The third-order valence-electron chi connectivity index (χ3n) is 10.3. The molecule has 5 rings (SSSR count). The Balaban J connectivity index is 1.73. The minimum Gasteiger partial charge on any atom is -0.393 e. The summed E-state index contributed by atoms with van der Waals surface area (Å²) >= 11 is 1.04. The quantitative estimate of drug-likeness (QED) is 0.108. The summed E-state index contributed by atoms with van der Waals surface area (Å²) in [5.74, 6) is -0.453. The zero-order chi connectivity index (χ0) is 39.1. The molecule has 0 aliphatic heterocycles. The number of carbonyl (C=O) groups is 1. The van der Waals surface area contributed by atoms with E-state index in [0.29, 0.717) is 5.56 Å². The van der Waals surface area contributed by atoms with Crippen molar-refractivity contribution in [1.82, 2.24) is 4.31 Å². The number of carbonyl (C=O) groups excluding carboxylic acids is 1. The molecule has 4 atom stereocenters. The van der Waals surface area contributed by atoms with Crippen molar-refractivity contribution in [3.63, 3.8) is 0 Å². The van der Waals surface area contributed by atoms with Gasteiger partial charge in [0.2, 0.25) is 15.1 Å². The van der Waals surface area contributed by atoms with Gasteiger partial charge in [-0.2, -0.15) is 4.31 Å². The Morgan fingerprint density at radius 3 is 1.57 bits per heavy atom. The molecule has 6 nitrogen and oxygen atoms in total. The van der Waals surface area contributed by atoms with Crippen molar-refractivity contribution in [3.05, 3.63) is 168 Å². The molecule has 0 aromatic heterocycles. The average Bonchev–Trinajstić information content (AvgIpc) is 3.16. The smallest absolute Gasteiger partial charge is 0.262 e. The van der Waals surface area contributed by atoms with Gasteiger partial charge in [0.15, 0.2) is 0 Å². The van der Waals surface area contributed by atoms with Crippen molar-refractivity contribution in [1.29, 1.82) is 0 Å². The molecule has 0 saturated carbocycles. The first-order valence-corrected chi connectivity index (χ1v) is 23.1. The molecular weight excluding hydrogens is 727 g/mol. The van der Waals surface area contributed by atoms with Crippen LogP contribution in [0.1, 0.15) is 63.5 Å². The van der Waals surface area contributed by atoms with Crippen LogP contribution in [0.3, 0.4) is 0 Å². The largest absolute Gasteiger partial charge is 0.393 e. The summed E-state index contributed by atoms with van der Waals surface area (Å²) in [6, 6.07) is 47.8. The molecule has 0 amide bonds. The Morgan fingerprint density at radius 1 is 0.722 bits per heavy atom. The van der Waals surface area contributed by atoms with E-state index in [1.807, 2.05) is 148 Å². The fraction of sp³-hybridized carbons (Fsp3) is 0.311. The number of hydrogen-bond acceptors (Lipinski definition) is 6. The van der Waals surface area contributed by atoms with E-state index in [9.17, 15) is 13.5 Å². The molecule has 0 unspecified atom stereocenters. The van der Waals surface area contributed by atoms with Crippen LogP contribution in [0.4, 0.5) is 0 Å². The standard InChI is InChI=1S/C45H53NO5S2Si/c1-34(2)45(48,38-27-17-10-18-28-38)42(51-54(44(4,5)6,39-29-19-11-20-30-39)40-31-21-12-22-32-40)43(47)52-41(37-25-15-9-16-26-37)35(3)46(53(7,49)50)33-36-23-13-8-14-24-36/h8-32,34-35,41-42,48H,33H2,1-7H3/t35-,41-,42-,45+/m1/s1. The predicted molar refractivity (Wildman–Crippen MR) is 226 cm³/mol. The number of benzene rings is 5. The summed E-state index contributed by atoms with van der Waals surface area (Å²) in [6.07, 6.45) is -0.140. The molecular formula is C45H53NO5S2Si. The fourth-order valence-corrected chi connectivity index (χ4v) is 14.6. The van der Waals surface area contributed by atoms with E-state index in [-0.39, 0.29) is 11.7 Å². The highest BCUT2D eigenvalue weighted by Gasteiger charge is 2.57. The van der Waals surface area contributed by atoms with Gasteiger partial charge in [-0.05, 0) is 44.9 Å². The normalized spacial score (nSPS) is 15.4. The zero-order valence-corrected chi connectivity index (χ0v) is 34.9. The Hall–Kier alpha value is -3.83. The highest BCUT2D eigenvalue weighted by atomic mass is 32.2. The summed E-state index contributed by atoms with van der Waals surface area (Å²) in [4.78, 5) is 15.6. The van der Waals surface area contributed by atoms with Gasteiger partial charge in [0.1, 0.15) is 11.7 Å². The fourth-order valence-electron chi connectivity index (χ4n) is 7.43. The van der Waals surface area contributed by atoms with Crippen LogP contribution in [-0.2, 0) is 31.4 Å². The summed E-state index contributed by atoms with van der Waals surface area (Å²) in [5, 5.41) is 13.7. The van der Waals surface area contributed by atoms with Crippen LogP contribution < -0.4 is 10.4 Å². The third-order valence-corrected chi connectivity index (χ3v) is 18.0. The summed E-state index contributed by atoms with van der Waals surface area (Å²) < 4.78 is 36.2. The van der Waals surface area contributed by atoms with E-state index >= 15 is 4.79 Å². The molecule has 5 aromatic carbocycles. The first-order chi connectivity index (χ1) is 25.6. The van der Waals surface area contributed by atoms with Gasteiger partial charge >= 0.3 is 0 Å². The maximum Gasteiger partial charge on any atom is 0.262 e. The minimum absolute atomic E-state index is 0.140. The molecule has 1 N–H and O–H groups in total. The molecule has 9 heteroatoms. The van der Waals surface area contributed by atoms with E-state index in [1.165, 1.54) is 10.6 Å². The molecule has 0 aliphatic carbocycles. The van der Waals surface area contributed by atoms with Gasteiger partial charge in [0.05, 0.1) is 11.5 Å². The lowest BCUT2D eigenvalue weighted by Gasteiger charge is -2.49. The van der Waals surface area contributed by atoms with E-state index in [1.54, 1.807) is 0 Å². The van der Waals surface area contributed by atoms with Crippen molar-refractivity contribution in [2.45, 2.75) is 76.1 Å². The maximum absolute atomic E-state index is 15.6. The van der Waals surface area contributed by atoms with Crippen molar-refractivity contribution in [2.24, 2.45) is 5.92 Å². The second kappa shape index (κ2) is 17.3. The van der Waals surface area contributed by atoms with Gasteiger partial charge in [0, 0.05) is 12.6 Å². The van der Waals surface area contributed by atoms with Crippen LogP contribution in [0.2, 0.25) is 5.04 Å². The van der Waals surface area contributed by atoms with Crippen LogP contribution in [0.15, 0.2) is 152 Å². The van der Waals surface area contributed by atoms with Gasteiger partial charge in [-0.3, -0.25) is 4.79 Å². The van der Waals surface area contributed by atoms with E-state index in [4.69, 9.17) is 4.43 Å². The lowest BCUT2D eigenvalue weighted by molar-refractivity contribution is -0.141. The summed E-state index contributed by atoms with van der Waals surface area (Å²) in [7, 11) is -7.17. The Morgan fingerprint density at radius 2 is 1.15 bits per heavy atom. The highest BCUT2D eigenvalue weighted by Crippen LogP contribution is 2.46. The lowest BCUT2D eigenvalue weighted by Crippen LogP contribution is -2.70. The van der Waals surface area contributed by atoms with Gasteiger partial charge in [0.25, 0.3) is 8.32 Å². The molecule has 0 heterocycles. The number of aliphatic hydroxyl groups is 1. The monoisotopic (exact) mass is 779 g/mol. The molecule has 284 valence electrons. The average molecular weight is 780 g/mol. The molecule has 0 aliphatic rings. The number of nitrogens with zero attached hydrogens (tertiary/aromatic N) is 1. The Bertz CT molecular complexity index is 2010. The van der Waals surface area contributed by atoms with Gasteiger partial charge in [-0.25, -0.2) is 8.42 Å². The van der Waals surface area contributed by atoms with Gasteiger partial charge in [-0.15, -0.1) is 0 Å². The Labute approximate surface area is 327 Å². The van der Waals surface area contributed by atoms with Crippen molar-refractivity contribution in [2.75, 3.05) is 6.26 Å². The zero-order valence-electron chi connectivity index (χ0n) is 32.3. The van der Waals surface area contributed by atoms with Crippen LogP contribution in [0.25, 0.3) is 0 Å². The number of sulfonamides is 1. The van der Waals surface area contributed by atoms with E-state index in [2.05, 4.69) is 45.0 Å². The number of thioether (sulfide) groups is 1. The molecule has 0 saturated heterocycles. The highest BCUT2D eigenvalue weighted by molar-refractivity contribution is 8.14. The molecule has 5 aromatic rings. The molecule has 54 heavy (non-hydrogen) atoms. The third kappa shape index (κ3) is 8.83. The van der Waals surface area contributed by atoms with Crippen molar-refractivity contribution in [3.8, 4) is 0 Å².